The Bertz CT molecular complexity index is 679. The number of carbonyl (C=O) groups is 1. The Morgan fingerprint density at radius 2 is 2.10 bits per heavy atom. The molecule has 2 aromatic heterocycles. The molecule has 1 amide bonds. The van der Waals surface area contributed by atoms with E-state index >= 15 is 0 Å². The zero-order valence-corrected chi connectivity index (χ0v) is 12.3. The second-order valence-electron chi connectivity index (χ2n) is 4.36. The molecule has 4 nitrogen and oxygen atoms in total. The van der Waals surface area contributed by atoms with Crippen molar-refractivity contribution in [1.29, 1.82) is 0 Å². The Balaban J connectivity index is 2.35. The standard InChI is InChI=1S/C12H11BrF3N3O/c1-6-3-8(13)5-19-9(7(2)18-10(6)19)4-17-11(20)12(14,15)16/h3,5H,4H2,1-2H3,(H,17,20). The highest BCUT2D eigenvalue weighted by Gasteiger charge is 2.38. The predicted octanol–water partition coefficient (Wildman–Crippen LogP) is 2.89. The monoisotopic (exact) mass is 349 g/mol. The Kier molecular flexibility index (Phi) is 3.77. The largest absolute Gasteiger partial charge is 0.471 e. The minimum atomic E-state index is -4.88. The summed E-state index contributed by atoms with van der Waals surface area (Å²) >= 11 is 3.32. The molecule has 0 radical (unpaired) electrons. The molecule has 0 unspecified atom stereocenters. The summed E-state index contributed by atoms with van der Waals surface area (Å²) in [6.45, 7) is 3.31. The molecule has 8 heteroatoms. The Labute approximate surface area is 121 Å². The number of hydrogen-bond donors (Lipinski definition) is 1. The van der Waals surface area contributed by atoms with Crippen LogP contribution in [-0.2, 0) is 11.3 Å². The van der Waals surface area contributed by atoms with E-state index < -0.39 is 12.1 Å². The van der Waals surface area contributed by atoms with Crippen molar-refractivity contribution in [3.63, 3.8) is 0 Å². The lowest BCUT2D eigenvalue weighted by Crippen LogP contribution is -2.36. The Hall–Kier alpha value is -1.57. The zero-order chi connectivity index (χ0) is 15.1. The number of aryl methyl sites for hydroxylation is 2. The van der Waals surface area contributed by atoms with Crippen LogP contribution in [0.4, 0.5) is 13.2 Å². The normalized spacial score (nSPS) is 11.9. The van der Waals surface area contributed by atoms with Crippen molar-refractivity contribution in [2.24, 2.45) is 0 Å². The van der Waals surface area contributed by atoms with E-state index in [-0.39, 0.29) is 6.54 Å². The quantitative estimate of drug-likeness (QED) is 0.906. The van der Waals surface area contributed by atoms with E-state index in [1.54, 1.807) is 17.5 Å². The highest BCUT2D eigenvalue weighted by atomic mass is 79.9. The van der Waals surface area contributed by atoms with E-state index in [1.807, 2.05) is 18.3 Å². The first-order valence-corrected chi connectivity index (χ1v) is 6.48. The fourth-order valence-corrected chi connectivity index (χ4v) is 2.45. The summed E-state index contributed by atoms with van der Waals surface area (Å²) in [5, 5.41) is 1.86. The van der Waals surface area contributed by atoms with Gasteiger partial charge in [0.2, 0.25) is 0 Å². The van der Waals surface area contributed by atoms with E-state index in [0.717, 1.165) is 10.0 Å². The summed E-state index contributed by atoms with van der Waals surface area (Å²) in [6.07, 6.45) is -3.18. The number of nitrogens with zero attached hydrogens (tertiary/aromatic N) is 2. The van der Waals surface area contributed by atoms with Gasteiger partial charge in [-0.25, -0.2) is 4.98 Å². The second-order valence-corrected chi connectivity index (χ2v) is 5.27. The fraction of sp³-hybridized carbons (Fsp3) is 0.333. The van der Waals surface area contributed by atoms with E-state index in [9.17, 15) is 18.0 Å². The van der Waals surface area contributed by atoms with Crippen molar-refractivity contribution in [2.75, 3.05) is 0 Å². The third-order valence-corrected chi connectivity index (χ3v) is 3.28. The van der Waals surface area contributed by atoms with Crippen molar-refractivity contribution >= 4 is 27.5 Å². The van der Waals surface area contributed by atoms with Gasteiger partial charge in [-0.05, 0) is 41.4 Å². The van der Waals surface area contributed by atoms with Gasteiger partial charge in [0, 0.05) is 10.7 Å². The summed E-state index contributed by atoms with van der Waals surface area (Å²) in [7, 11) is 0. The average Bonchev–Trinajstić information content (AvgIpc) is 2.62. The van der Waals surface area contributed by atoms with Crippen LogP contribution in [0, 0.1) is 13.8 Å². The van der Waals surface area contributed by atoms with Crippen LogP contribution in [0.5, 0.6) is 0 Å². The van der Waals surface area contributed by atoms with Gasteiger partial charge in [-0.1, -0.05) is 0 Å². The van der Waals surface area contributed by atoms with Gasteiger partial charge < -0.3 is 9.72 Å². The zero-order valence-electron chi connectivity index (χ0n) is 10.7. The van der Waals surface area contributed by atoms with Gasteiger partial charge in [-0.3, -0.25) is 4.79 Å². The number of halogens is 4. The van der Waals surface area contributed by atoms with Crippen LogP contribution in [-0.4, -0.2) is 21.5 Å². The summed E-state index contributed by atoms with van der Waals surface area (Å²) in [6, 6.07) is 1.86. The van der Waals surface area contributed by atoms with Gasteiger partial charge in [-0.2, -0.15) is 13.2 Å². The number of rotatable bonds is 2. The van der Waals surface area contributed by atoms with E-state index in [2.05, 4.69) is 20.9 Å². The van der Waals surface area contributed by atoms with E-state index in [1.165, 1.54) is 0 Å². The summed E-state index contributed by atoms with van der Waals surface area (Å²) in [5.74, 6) is -1.96. The van der Waals surface area contributed by atoms with Gasteiger partial charge in [0.1, 0.15) is 5.65 Å². The lowest BCUT2D eigenvalue weighted by atomic mass is 10.3. The molecule has 0 aliphatic carbocycles. The van der Waals surface area contributed by atoms with Gasteiger partial charge in [0.15, 0.2) is 0 Å². The number of hydrogen-bond acceptors (Lipinski definition) is 2. The fourth-order valence-electron chi connectivity index (χ4n) is 1.91. The molecule has 0 fully saturated rings. The molecule has 2 rings (SSSR count). The van der Waals surface area contributed by atoms with Crippen LogP contribution in [0.1, 0.15) is 17.0 Å². The molecular formula is C12H11BrF3N3O. The van der Waals surface area contributed by atoms with Crippen molar-refractivity contribution in [3.05, 3.63) is 33.7 Å². The number of pyridine rings is 1. The van der Waals surface area contributed by atoms with Gasteiger partial charge in [0.05, 0.1) is 17.9 Å². The molecule has 1 N–H and O–H groups in total. The molecule has 0 aliphatic heterocycles. The van der Waals surface area contributed by atoms with Gasteiger partial charge in [0.25, 0.3) is 0 Å². The lowest BCUT2D eigenvalue weighted by Gasteiger charge is -2.09. The number of alkyl halides is 3. The molecule has 2 heterocycles. The van der Waals surface area contributed by atoms with Crippen molar-refractivity contribution < 1.29 is 18.0 Å². The summed E-state index contributed by atoms with van der Waals surface area (Å²) in [4.78, 5) is 15.2. The number of carbonyl (C=O) groups excluding carboxylic acids is 1. The van der Waals surface area contributed by atoms with Crippen LogP contribution in [0.25, 0.3) is 5.65 Å². The molecule has 20 heavy (non-hydrogen) atoms. The first-order chi connectivity index (χ1) is 9.20. The Morgan fingerprint density at radius 1 is 1.45 bits per heavy atom. The maximum atomic E-state index is 12.2. The molecule has 0 atom stereocenters. The number of fused-ring (bicyclic) bond motifs is 1. The van der Waals surface area contributed by atoms with E-state index in [0.29, 0.717) is 17.0 Å². The molecule has 0 aliphatic rings. The van der Waals surface area contributed by atoms with Crippen LogP contribution in [0.3, 0.4) is 0 Å². The van der Waals surface area contributed by atoms with Crippen LogP contribution in [0.15, 0.2) is 16.7 Å². The number of aromatic nitrogens is 2. The maximum absolute atomic E-state index is 12.2. The van der Waals surface area contributed by atoms with E-state index in [4.69, 9.17) is 0 Å². The first kappa shape index (κ1) is 14.8. The highest BCUT2D eigenvalue weighted by molar-refractivity contribution is 9.10. The molecule has 2 aromatic rings. The van der Waals surface area contributed by atoms with Crippen molar-refractivity contribution in [1.82, 2.24) is 14.7 Å². The molecule has 0 aromatic carbocycles. The third kappa shape index (κ3) is 2.79. The Morgan fingerprint density at radius 3 is 2.70 bits per heavy atom. The molecular weight excluding hydrogens is 339 g/mol. The average molecular weight is 350 g/mol. The highest BCUT2D eigenvalue weighted by Crippen LogP contribution is 2.21. The molecule has 0 spiro atoms. The van der Waals surface area contributed by atoms with Crippen LogP contribution >= 0.6 is 15.9 Å². The van der Waals surface area contributed by atoms with Crippen molar-refractivity contribution in [3.8, 4) is 0 Å². The smallest absolute Gasteiger partial charge is 0.343 e. The summed E-state index contributed by atoms with van der Waals surface area (Å²) in [5.41, 5.74) is 2.63. The molecule has 108 valence electrons. The second kappa shape index (κ2) is 5.08. The third-order valence-electron chi connectivity index (χ3n) is 2.84. The topological polar surface area (TPSA) is 46.4 Å². The maximum Gasteiger partial charge on any atom is 0.471 e. The number of amides is 1. The predicted molar refractivity (Wildman–Crippen MR) is 70.3 cm³/mol. The van der Waals surface area contributed by atoms with Gasteiger partial charge >= 0.3 is 12.1 Å². The molecule has 0 saturated heterocycles. The van der Waals surface area contributed by atoms with Crippen molar-refractivity contribution in [2.45, 2.75) is 26.6 Å². The van der Waals surface area contributed by atoms with Crippen LogP contribution in [0.2, 0.25) is 0 Å². The SMILES string of the molecule is Cc1nc2c(C)cc(Br)cn2c1CNC(=O)C(F)(F)F. The molecule has 0 bridgehead atoms. The minimum absolute atomic E-state index is 0.235. The first-order valence-electron chi connectivity index (χ1n) is 5.69. The number of nitrogens with one attached hydrogen (secondary N) is 1. The minimum Gasteiger partial charge on any atom is -0.343 e. The number of imidazole rings is 1. The lowest BCUT2D eigenvalue weighted by molar-refractivity contribution is -0.173. The summed E-state index contributed by atoms with van der Waals surface area (Å²) < 4.78 is 39.0. The van der Waals surface area contributed by atoms with Gasteiger partial charge in [-0.15, -0.1) is 0 Å². The van der Waals surface area contributed by atoms with Crippen LogP contribution < -0.4 is 5.32 Å². The molecule has 0 saturated carbocycles.